The lowest BCUT2D eigenvalue weighted by Crippen LogP contribution is -2.43. The highest BCUT2D eigenvalue weighted by Gasteiger charge is 2.23. The Kier molecular flexibility index (Phi) is 4.76. The lowest BCUT2D eigenvalue weighted by molar-refractivity contribution is -0.132. The maximum absolute atomic E-state index is 11.5. The number of hydrogen-bond donors (Lipinski definition) is 2. The van der Waals surface area contributed by atoms with Gasteiger partial charge in [-0.25, -0.2) is 9.97 Å². The van der Waals surface area contributed by atoms with E-state index >= 15 is 0 Å². The van der Waals surface area contributed by atoms with E-state index in [1.165, 1.54) is 0 Å². The van der Waals surface area contributed by atoms with Gasteiger partial charge in [-0.15, -0.1) is 0 Å². The maximum Gasteiger partial charge on any atom is 0.222 e. The molecule has 1 aromatic rings. The van der Waals surface area contributed by atoms with Crippen molar-refractivity contribution in [2.75, 3.05) is 31.3 Å². The van der Waals surface area contributed by atoms with E-state index in [4.69, 9.17) is 0 Å². The molecule has 1 unspecified atom stereocenters. The molecule has 0 spiro atoms. The smallest absolute Gasteiger partial charge is 0.222 e. The third kappa shape index (κ3) is 3.59. The number of nitrogens with zero attached hydrogens (tertiary/aromatic N) is 3. The van der Waals surface area contributed by atoms with Crippen LogP contribution in [-0.2, 0) is 11.2 Å². The first-order valence-corrected chi connectivity index (χ1v) is 7.18. The van der Waals surface area contributed by atoms with Crippen LogP contribution >= 0.6 is 0 Å². The Hall–Kier alpha value is -1.85. The Labute approximate surface area is 120 Å². The van der Waals surface area contributed by atoms with Crippen LogP contribution in [0.25, 0.3) is 0 Å². The molecule has 20 heavy (non-hydrogen) atoms. The van der Waals surface area contributed by atoms with Crippen molar-refractivity contribution in [3.05, 3.63) is 11.9 Å². The van der Waals surface area contributed by atoms with Crippen molar-refractivity contribution >= 4 is 17.5 Å². The fraction of sp³-hybridized carbons (Fsp3) is 0.643. The SMILES string of the molecule is CCCc1nc(NC)cc(NC2CCC(=O)N(C)C2)n1. The standard InChI is InChI=1S/C14H23N5O/c1-4-5-11-17-12(15-2)8-13(18-11)16-10-6-7-14(20)19(3)9-10/h8,10H,4-7,9H2,1-3H3,(H2,15,16,17,18). The highest BCUT2D eigenvalue weighted by atomic mass is 16.2. The van der Waals surface area contributed by atoms with Gasteiger partial charge in [-0.1, -0.05) is 6.92 Å². The number of rotatable bonds is 5. The average molecular weight is 277 g/mol. The van der Waals surface area contributed by atoms with Crippen molar-refractivity contribution in [2.45, 2.75) is 38.6 Å². The second-order valence-electron chi connectivity index (χ2n) is 5.21. The molecule has 0 radical (unpaired) electrons. The summed E-state index contributed by atoms with van der Waals surface area (Å²) in [5, 5.41) is 6.48. The van der Waals surface area contributed by atoms with Gasteiger partial charge in [-0.05, 0) is 12.8 Å². The largest absolute Gasteiger partial charge is 0.373 e. The number of aromatic nitrogens is 2. The minimum Gasteiger partial charge on any atom is -0.373 e. The van der Waals surface area contributed by atoms with Crippen molar-refractivity contribution in [3.63, 3.8) is 0 Å². The zero-order valence-corrected chi connectivity index (χ0v) is 12.4. The summed E-state index contributed by atoms with van der Waals surface area (Å²) in [6, 6.07) is 2.17. The van der Waals surface area contributed by atoms with Crippen LogP contribution in [0.3, 0.4) is 0 Å². The molecule has 1 aliphatic rings. The van der Waals surface area contributed by atoms with Crippen molar-refractivity contribution in [3.8, 4) is 0 Å². The van der Waals surface area contributed by atoms with Crippen molar-refractivity contribution in [2.24, 2.45) is 0 Å². The molecule has 0 aromatic carbocycles. The number of likely N-dealkylation sites (N-methyl/N-ethyl adjacent to an activating group) is 1. The van der Waals surface area contributed by atoms with Crippen LogP contribution in [0.15, 0.2) is 6.07 Å². The number of aryl methyl sites for hydroxylation is 1. The molecule has 1 saturated heterocycles. The normalized spacial score (nSPS) is 19.1. The number of amides is 1. The van der Waals surface area contributed by atoms with Crippen molar-refractivity contribution in [1.82, 2.24) is 14.9 Å². The van der Waals surface area contributed by atoms with Gasteiger partial charge in [0.15, 0.2) is 0 Å². The monoisotopic (exact) mass is 277 g/mol. The second-order valence-corrected chi connectivity index (χ2v) is 5.21. The van der Waals surface area contributed by atoms with Crippen LogP contribution in [0.4, 0.5) is 11.6 Å². The number of carbonyl (C=O) groups is 1. The molecule has 0 aliphatic carbocycles. The Morgan fingerprint density at radius 1 is 1.40 bits per heavy atom. The molecule has 6 nitrogen and oxygen atoms in total. The fourth-order valence-electron chi connectivity index (χ4n) is 2.37. The molecular formula is C14H23N5O. The summed E-state index contributed by atoms with van der Waals surface area (Å²) in [4.78, 5) is 22.2. The molecule has 1 fully saturated rings. The van der Waals surface area contributed by atoms with Gasteiger partial charge in [-0.2, -0.15) is 0 Å². The van der Waals surface area contributed by atoms with E-state index in [0.29, 0.717) is 6.42 Å². The molecule has 6 heteroatoms. The summed E-state index contributed by atoms with van der Waals surface area (Å²) in [5.74, 6) is 2.72. The summed E-state index contributed by atoms with van der Waals surface area (Å²) in [7, 11) is 3.70. The average Bonchev–Trinajstić information content (AvgIpc) is 2.43. The number of likely N-dealkylation sites (tertiary alicyclic amines) is 1. The summed E-state index contributed by atoms with van der Waals surface area (Å²) in [6.45, 7) is 2.84. The number of piperidine rings is 1. The minimum absolute atomic E-state index is 0.216. The van der Waals surface area contributed by atoms with E-state index in [0.717, 1.165) is 43.3 Å². The molecule has 0 bridgehead atoms. The predicted molar refractivity (Wildman–Crippen MR) is 79.9 cm³/mol. The summed E-state index contributed by atoms with van der Waals surface area (Å²) < 4.78 is 0. The molecule has 2 heterocycles. The molecule has 2 N–H and O–H groups in total. The van der Waals surface area contributed by atoms with E-state index in [1.54, 1.807) is 4.90 Å². The maximum atomic E-state index is 11.5. The van der Waals surface area contributed by atoms with E-state index in [1.807, 2.05) is 20.2 Å². The lowest BCUT2D eigenvalue weighted by atomic mass is 10.1. The summed E-state index contributed by atoms with van der Waals surface area (Å²) >= 11 is 0. The topological polar surface area (TPSA) is 70.2 Å². The number of anilines is 2. The first-order chi connectivity index (χ1) is 9.62. The molecule has 1 amide bonds. The third-order valence-electron chi connectivity index (χ3n) is 3.48. The third-order valence-corrected chi connectivity index (χ3v) is 3.48. The molecular weight excluding hydrogens is 254 g/mol. The van der Waals surface area contributed by atoms with Crippen LogP contribution in [0.1, 0.15) is 32.0 Å². The van der Waals surface area contributed by atoms with Gasteiger partial charge in [0.25, 0.3) is 0 Å². The van der Waals surface area contributed by atoms with Gasteiger partial charge in [0, 0.05) is 45.6 Å². The van der Waals surface area contributed by atoms with E-state index in [9.17, 15) is 4.79 Å². The van der Waals surface area contributed by atoms with Crippen LogP contribution in [0, 0.1) is 0 Å². The highest BCUT2D eigenvalue weighted by Crippen LogP contribution is 2.17. The Morgan fingerprint density at radius 2 is 2.15 bits per heavy atom. The summed E-state index contributed by atoms with van der Waals surface area (Å²) in [6.07, 6.45) is 3.34. The molecule has 1 aromatic heterocycles. The van der Waals surface area contributed by atoms with Crippen LogP contribution in [0.5, 0.6) is 0 Å². The zero-order valence-electron chi connectivity index (χ0n) is 12.4. The Morgan fingerprint density at radius 3 is 2.80 bits per heavy atom. The van der Waals surface area contributed by atoms with Gasteiger partial charge < -0.3 is 15.5 Å². The van der Waals surface area contributed by atoms with Gasteiger partial charge >= 0.3 is 0 Å². The highest BCUT2D eigenvalue weighted by molar-refractivity contribution is 5.77. The van der Waals surface area contributed by atoms with Crippen molar-refractivity contribution < 1.29 is 4.79 Å². The Bertz CT molecular complexity index is 477. The van der Waals surface area contributed by atoms with Gasteiger partial charge in [0.1, 0.15) is 17.5 Å². The van der Waals surface area contributed by atoms with E-state index in [-0.39, 0.29) is 11.9 Å². The lowest BCUT2D eigenvalue weighted by Gasteiger charge is -2.30. The predicted octanol–water partition coefficient (Wildman–Crippen LogP) is 1.50. The second kappa shape index (κ2) is 6.54. The fourth-order valence-corrected chi connectivity index (χ4v) is 2.37. The van der Waals surface area contributed by atoms with Crippen LogP contribution < -0.4 is 10.6 Å². The first kappa shape index (κ1) is 14.6. The van der Waals surface area contributed by atoms with E-state index in [2.05, 4.69) is 27.5 Å². The summed E-state index contributed by atoms with van der Waals surface area (Å²) in [5.41, 5.74) is 0. The van der Waals surface area contributed by atoms with E-state index < -0.39 is 0 Å². The van der Waals surface area contributed by atoms with Gasteiger partial charge in [-0.3, -0.25) is 4.79 Å². The number of nitrogens with one attached hydrogen (secondary N) is 2. The van der Waals surface area contributed by atoms with Crippen molar-refractivity contribution in [1.29, 1.82) is 0 Å². The minimum atomic E-state index is 0.216. The molecule has 0 saturated carbocycles. The quantitative estimate of drug-likeness (QED) is 0.853. The molecule has 2 rings (SSSR count). The first-order valence-electron chi connectivity index (χ1n) is 7.18. The van der Waals surface area contributed by atoms with Gasteiger partial charge in [0.05, 0.1) is 0 Å². The molecule has 1 aliphatic heterocycles. The Balaban J connectivity index is 2.08. The van der Waals surface area contributed by atoms with Crippen LogP contribution in [0.2, 0.25) is 0 Å². The van der Waals surface area contributed by atoms with Crippen LogP contribution in [-0.4, -0.2) is 47.5 Å². The molecule has 1 atom stereocenters. The number of carbonyl (C=O) groups excluding carboxylic acids is 1. The zero-order chi connectivity index (χ0) is 14.5. The van der Waals surface area contributed by atoms with Gasteiger partial charge in [0.2, 0.25) is 5.91 Å². The number of hydrogen-bond acceptors (Lipinski definition) is 5. The molecule has 110 valence electrons.